The van der Waals surface area contributed by atoms with Crippen LogP contribution in [0.4, 0.5) is 18.9 Å². The zero-order valence-corrected chi connectivity index (χ0v) is 22.5. The molecular weight excluding hydrogens is 522 g/mol. The van der Waals surface area contributed by atoms with Gasteiger partial charge in [0.1, 0.15) is 0 Å². The molecule has 10 heteroatoms. The molecule has 1 heterocycles. The quantitative estimate of drug-likeness (QED) is 0.333. The average Bonchev–Trinajstić information content (AvgIpc) is 3.30. The molecule has 1 fully saturated rings. The van der Waals surface area contributed by atoms with Crippen LogP contribution in [-0.2, 0) is 11.7 Å². The van der Waals surface area contributed by atoms with Gasteiger partial charge in [-0.2, -0.15) is 13.2 Å². The van der Waals surface area contributed by atoms with E-state index in [9.17, 15) is 13.2 Å². The first kappa shape index (κ1) is 27.5. The SMILES string of the molecule is CC(C)(C)[C@@H](/C=C/c1ccc(Cl)cc1Cl)n1nnnc1C1(Nc2cccc(C(F)(F)F)c2)CCCCC1. The van der Waals surface area contributed by atoms with E-state index in [1.165, 1.54) is 6.07 Å². The van der Waals surface area contributed by atoms with E-state index in [2.05, 4.69) is 41.6 Å². The van der Waals surface area contributed by atoms with Crippen LogP contribution < -0.4 is 5.32 Å². The van der Waals surface area contributed by atoms with Gasteiger partial charge in [-0.05, 0) is 64.6 Å². The molecule has 198 valence electrons. The van der Waals surface area contributed by atoms with Gasteiger partial charge in [-0.25, -0.2) is 4.68 Å². The van der Waals surface area contributed by atoms with E-state index in [4.69, 9.17) is 23.2 Å². The van der Waals surface area contributed by atoms with Crippen LogP contribution in [0.1, 0.15) is 75.9 Å². The fourth-order valence-electron chi connectivity index (χ4n) is 4.87. The second-order valence-corrected chi connectivity index (χ2v) is 11.5. The number of anilines is 1. The minimum atomic E-state index is -4.43. The summed E-state index contributed by atoms with van der Waals surface area (Å²) in [7, 11) is 0. The van der Waals surface area contributed by atoms with Gasteiger partial charge in [0.05, 0.1) is 17.1 Å². The smallest absolute Gasteiger partial charge is 0.373 e. The number of nitrogens with one attached hydrogen (secondary N) is 1. The number of tetrazole rings is 1. The summed E-state index contributed by atoms with van der Waals surface area (Å²) < 4.78 is 42.0. The number of benzene rings is 2. The van der Waals surface area contributed by atoms with E-state index in [1.807, 2.05) is 18.2 Å². The number of hydrogen-bond acceptors (Lipinski definition) is 4. The van der Waals surface area contributed by atoms with Crippen molar-refractivity contribution in [3.8, 4) is 0 Å². The Bertz CT molecular complexity index is 1260. The van der Waals surface area contributed by atoms with Gasteiger partial charge >= 0.3 is 6.18 Å². The molecule has 1 saturated carbocycles. The molecule has 0 amide bonds. The van der Waals surface area contributed by atoms with Crippen molar-refractivity contribution in [3.05, 3.63) is 75.5 Å². The maximum Gasteiger partial charge on any atom is 0.416 e. The Labute approximate surface area is 225 Å². The van der Waals surface area contributed by atoms with Gasteiger partial charge in [0, 0.05) is 15.7 Å². The fraction of sp³-hybridized carbons (Fsp3) is 0.444. The van der Waals surface area contributed by atoms with Crippen LogP contribution in [0, 0.1) is 5.41 Å². The molecule has 4 rings (SSSR count). The molecule has 2 aromatic carbocycles. The minimum absolute atomic E-state index is 0.258. The lowest BCUT2D eigenvalue weighted by Crippen LogP contribution is -2.42. The number of aromatic nitrogens is 4. The molecule has 0 saturated heterocycles. The van der Waals surface area contributed by atoms with Gasteiger partial charge in [0.2, 0.25) is 0 Å². The molecule has 0 radical (unpaired) electrons. The van der Waals surface area contributed by atoms with Crippen LogP contribution in [0.5, 0.6) is 0 Å². The normalized spacial score (nSPS) is 17.2. The van der Waals surface area contributed by atoms with Gasteiger partial charge in [-0.15, -0.1) is 5.10 Å². The third kappa shape index (κ3) is 6.29. The summed E-state index contributed by atoms with van der Waals surface area (Å²) in [6, 6.07) is 10.3. The molecule has 1 aliphatic carbocycles. The average molecular weight is 552 g/mol. The zero-order chi connectivity index (χ0) is 26.8. The van der Waals surface area contributed by atoms with Gasteiger partial charge in [0.15, 0.2) is 5.82 Å². The molecular formula is C27H30Cl2F3N5. The third-order valence-electron chi connectivity index (χ3n) is 6.77. The first-order valence-corrected chi connectivity index (χ1v) is 13.0. The lowest BCUT2D eigenvalue weighted by Gasteiger charge is -2.39. The standard InChI is InChI=1S/C27H30Cl2F3N5/c1-25(2,3)23(13-11-18-10-12-20(28)17-22(18)29)37-24(34-35-36-37)26(14-5-4-6-15-26)33-21-9-7-8-19(16-21)27(30,31)32/h7-13,16-17,23,33H,4-6,14-15H2,1-3H3/b13-11+/t23-/m1/s1. The van der Waals surface area contributed by atoms with E-state index in [1.54, 1.807) is 22.9 Å². The Kier molecular flexibility index (Phi) is 7.91. The predicted molar refractivity (Wildman–Crippen MR) is 142 cm³/mol. The molecule has 0 aliphatic heterocycles. The lowest BCUT2D eigenvalue weighted by atomic mass is 9.79. The topological polar surface area (TPSA) is 55.6 Å². The van der Waals surface area contributed by atoms with E-state index in [-0.39, 0.29) is 11.5 Å². The van der Waals surface area contributed by atoms with Gasteiger partial charge in [0.25, 0.3) is 0 Å². The number of hydrogen-bond donors (Lipinski definition) is 1. The zero-order valence-electron chi connectivity index (χ0n) is 21.0. The highest BCUT2D eigenvalue weighted by molar-refractivity contribution is 6.35. The Balaban J connectivity index is 1.75. The van der Waals surface area contributed by atoms with E-state index in [0.717, 1.165) is 37.0 Å². The van der Waals surface area contributed by atoms with Crippen molar-refractivity contribution in [2.45, 2.75) is 70.6 Å². The Morgan fingerprint density at radius 1 is 1.03 bits per heavy atom. The second-order valence-electron chi connectivity index (χ2n) is 10.6. The van der Waals surface area contributed by atoms with Crippen LogP contribution in [0.15, 0.2) is 48.5 Å². The summed E-state index contributed by atoms with van der Waals surface area (Å²) in [6.45, 7) is 6.26. The predicted octanol–water partition coefficient (Wildman–Crippen LogP) is 8.57. The summed E-state index contributed by atoms with van der Waals surface area (Å²) in [5.41, 5.74) is -0.489. The molecule has 0 spiro atoms. The second kappa shape index (κ2) is 10.7. The molecule has 1 N–H and O–H groups in total. The van der Waals surface area contributed by atoms with Crippen molar-refractivity contribution in [1.82, 2.24) is 20.2 Å². The highest BCUT2D eigenvalue weighted by Crippen LogP contribution is 2.43. The van der Waals surface area contributed by atoms with Crippen molar-refractivity contribution >= 4 is 35.0 Å². The first-order valence-electron chi connectivity index (χ1n) is 12.3. The van der Waals surface area contributed by atoms with Crippen LogP contribution in [0.25, 0.3) is 6.08 Å². The molecule has 0 bridgehead atoms. The number of halogens is 5. The van der Waals surface area contributed by atoms with Crippen molar-refractivity contribution in [1.29, 1.82) is 0 Å². The summed E-state index contributed by atoms with van der Waals surface area (Å²) >= 11 is 12.4. The summed E-state index contributed by atoms with van der Waals surface area (Å²) in [5, 5.41) is 17.3. The third-order valence-corrected chi connectivity index (χ3v) is 7.34. The summed E-state index contributed by atoms with van der Waals surface area (Å²) in [4.78, 5) is 0. The van der Waals surface area contributed by atoms with E-state index >= 15 is 0 Å². The molecule has 1 aliphatic rings. The van der Waals surface area contributed by atoms with Gasteiger partial charge in [-0.1, -0.05) is 87.5 Å². The molecule has 0 unspecified atom stereocenters. The van der Waals surface area contributed by atoms with E-state index < -0.39 is 17.3 Å². The summed E-state index contributed by atoms with van der Waals surface area (Å²) in [5.74, 6) is 0.608. The number of nitrogens with zero attached hydrogens (tertiary/aromatic N) is 4. The number of alkyl halides is 3. The first-order chi connectivity index (χ1) is 17.4. The van der Waals surface area contributed by atoms with E-state index in [0.29, 0.717) is 34.4 Å². The fourth-order valence-corrected chi connectivity index (χ4v) is 5.35. The molecule has 1 atom stereocenters. The monoisotopic (exact) mass is 551 g/mol. The Morgan fingerprint density at radius 2 is 1.76 bits per heavy atom. The molecule has 5 nitrogen and oxygen atoms in total. The minimum Gasteiger partial charge on any atom is -0.373 e. The molecule has 3 aromatic rings. The highest BCUT2D eigenvalue weighted by Gasteiger charge is 2.42. The largest absolute Gasteiger partial charge is 0.416 e. The Morgan fingerprint density at radius 3 is 2.41 bits per heavy atom. The Hall–Kier alpha value is -2.58. The van der Waals surface area contributed by atoms with Crippen molar-refractivity contribution in [2.75, 3.05) is 5.32 Å². The van der Waals surface area contributed by atoms with Gasteiger partial charge in [-0.3, -0.25) is 0 Å². The summed E-state index contributed by atoms with van der Waals surface area (Å²) in [6.07, 6.45) is 3.78. The van der Waals surface area contributed by atoms with Crippen LogP contribution >= 0.6 is 23.2 Å². The van der Waals surface area contributed by atoms with Crippen LogP contribution in [0.2, 0.25) is 10.0 Å². The van der Waals surface area contributed by atoms with Crippen molar-refractivity contribution in [2.24, 2.45) is 5.41 Å². The number of allylic oxidation sites excluding steroid dienone is 1. The number of rotatable bonds is 6. The van der Waals surface area contributed by atoms with Crippen LogP contribution in [-0.4, -0.2) is 20.2 Å². The molecule has 1 aromatic heterocycles. The molecule has 37 heavy (non-hydrogen) atoms. The van der Waals surface area contributed by atoms with Crippen molar-refractivity contribution in [3.63, 3.8) is 0 Å². The maximum atomic E-state index is 13.4. The van der Waals surface area contributed by atoms with Crippen LogP contribution in [0.3, 0.4) is 0 Å². The van der Waals surface area contributed by atoms with Crippen molar-refractivity contribution < 1.29 is 13.2 Å². The van der Waals surface area contributed by atoms with Gasteiger partial charge < -0.3 is 5.32 Å². The maximum absolute atomic E-state index is 13.4. The lowest BCUT2D eigenvalue weighted by molar-refractivity contribution is -0.137. The highest BCUT2D eigenvalue weighted by atomic mass is 35.5.